The first kappa shape index (κ1) is 16.6. The number of hydrogen-bond acceptors (Lipinski definition) is 4. The molecule has 0 fully saturated rings. The molecule has 0 saturated heterocycles. The minimum atomic E-state index is -3.59. The molecule has 0 radical (unpaired) electrons. The summed E-state index contributed by atoms with van der Waals surface area (Å²) in [6.45, 7) is 7.04. The second-order valence-corrected chi connectivity index (χ2v) is 6.18. The van der Waals surface area contributed by atoms with Crippen molar-refractivity contribution < 1.29 is 23.2 Å². The van der Waals surface area contributed by atoms with Gasteiger partial charge >= 0.3 is 0 Å². The Morgan fingerprint density at radius 3 is 2.20 bits per heavy atom. The third-order valence-corrected chi connectivity index (χ3v) is 4.65. The fourth-order valence-electron chi connectivity index (χ4n) is 1.82. The monoisotopic (exact) mass is 300 g/mol. The van der Waals surface area contributed by atoms with Gasteiger partial charge in [-0.3, -0.25) is 0 Å². The summed E-state index contributed by atoms with van der Waals surface area (Å²) in [4.78, 5) is 12.0. The summed E-state index contributed by atoms with van der Waals surface area (Å²) in [5.74, 6) is -1.33. The van der Waals surface area contributed by atoms with Crippen molar-refractivity contribution >= 4 is 16.0 Å². The topological polar surface area (TPSA) is 90.7 Å². The van der Waals surface area contributed by atoms with E-state index in [1.54, 1.807) is 0 Å². The summed E-state index contributed by atoms with van der Waals surface area (Å²) in [6.07, 6.45) is 0. The van der Waals surface area contributed by atoms with E-state index in [1.165, 1.54) is 29.2 Å². The van der Waals surface area contributed by atoms with Crippen LogP contribution in [-0.2, 0) is 10.0 Å². The largest absolute Gasteiger partial charge is 0.545 e. The Labute approximate surface area is 119 Å². The predicted octanol–water partition coefficient (Wildman–Crippen LogP) is -1.75. The van der Waals surface area contributed by atoms with Crippen LogP contribution in [0.25, 0.3) is 0 Å². The second kappa shape index (κ2) is 7.37. The minimum Gasteiger partial charge on any atom is -0.545 e. The maximum absolute atomic E-state index is 12.0. The Hall–Kier alpha value is -1.44. The maximum Gasteiger partial charge on any atom is 0.240 e. The summed E-state index contributed by atoms with van der Waals surface area (Å²) in [5.41, 5.74) is -0.0449. The quantitative estimate of drug-likeness (QED) is 0.596. The minimum absolute atomic E-state index is 0.0449. The summed E-state index contributed by atoms with van der Waals surface area (Å²) in [7, 11) is -3.59. The van der Waals surface area contributed by atoms with Gasteiger partial charge in [-0.05, 0) is 31.5 Å². The lowest BCUT2D eigenvalue weighted by atomic mass is 10.2. The normalized spacial score (nSPS) is 11.8. The first-order valence-corrected chi connectivity index (χ1v) is 8.03. The van der Waals surface area contributed by atoms with Crippen LogP contribution >= 0.6 is 0 Å². The molecule has 0 aliphatic carbocycles. The molecule has 0 atom stereocenters. The van der Waals surface area contributed by atoms with Gasteiger partial charge in [0.1, 0.15) is 0 Å². The van der Waals surface area contributed by atoms with Gasteiger partial charge in [0.25, 0.3) is 0 Å². The molecule has 0 aliphatic heterocycles. The zero-order valence-corrected chi connectivity index (χ0v) is 12.5. The molecule has 0 heterocycles. The predicted molar refractivity (Wildman–Crippen MR) is 72.9 cm³/mol. The fraction of sp³-hybridized carbons (Fsp3) is 0.462. The molecule has 20 heavy (non-hydrogen) atoms. The average molecular weight is 300 g/mol. The number of benzene rings is 1. The maximum atomic E-state index is 12.0. The van der Waals surface area contributed by atoms with Gasteiger partial charge < -0.3 is 14.8 Å². The lowest BCUT2D eigenvalue weighted by Crippen LogP contribution is -3.12. The number of rotatable bonds is 8. The molecule has 0 unspecified atom stereocenters. The third kappa shape index (κ3) is 4.59. The Morgan fingerprint density at radius 1 is 1.20 bits per heavy atom. The highest BCUT2D eigenvalue weighted by atomic mass is 32.2. The van der Waals surface area contributed by atoms with Crippen LogP contribution in [0.4, 0.5) is 0 Å². The number of sulfonamides is 1. The number of nitrogens with one attached hydrogen (secondary N) is 2. The number of carboxylic acids is 1. The molecule has 0 spiro atoms. The Bertz CT molecular complexity index is 536. The van der Waals surface area contributed by atoms with Crippen LogP contribution in [0.2, 0.25) is 0 Å². The van der Waals surface area contributed by atoms with Crippen molar-refractivity contribution in [2.45, 2.75) is 18.7 Å². The van der Waals surface area contributed by atoms with Gasteiger partial charge in [-0.2, -0.15) is 0 Å². The number of carbonyl (C=O) groups is 1. The molecule has 0 aliphatic rings. The Balaban J connectivity index is 2.66. The van der Waals surface area contributed by atoms with E-state index in [1.807, 2.05) is 13.8 Å². The first-order valence-electron chi connectivity index (χ1n) is 6.55. The van der Waals surface area contributed by atoms with E-state index < -0.39 is 16.0 Å². The molecule has 0 bridgehead atoms. The summed E-state index contributed by atoms with van der Waals surface area (Å²) in [6, 6.07) is 4.97. The molecule has 6 nitrogen and oxygen atoms in total. The van der Waals surface area contributed by atoms with Gasteiger partial charge in [0.15, 0.2) is 0 Å². The van der Waals surface area contributed by atoms with Crippen LogP contribution in [0, 0.1) is 0 Å². The van der Waals surface area contributed by atoms with E-state index in [9.17, 15) is 18.3 Å². The Kier molecular flexibility index (Phi) is 6.12. The van der Waals surface area contributed by atoms with Crippen LogP contribution in [0.3, 0.4) is 0 Å². The van der Waals surface area contributed by atoms with E-state index in [2.05, 4.69) is 4.72 Å². The van der Waals surface area contributed by atoms with Crippen LogP contribution in [0.15, 0.2) is 29.2 Å². The summed E-state index contributed by atoms with van der Waals surface area (Å²) >= 11 is 0. The smallest absolute Gasteiger partial charge is 0.240 e. The van der Waals surface area contributed by atoms with E-state index in [-0.39, 0.29) is 10.5 Å². The highest BCUT2D eigenvalue weighted by Crippen LogP contribution is 2.09. The van der Waals surface area contributed by atoms with Crippen LogP contribution < -0.4 is 14.7 Å². The first-order chi connectivity index (χ1) is 9.40. The van der Waals surface area contributed by atoms with Crippen LogP contribution in [0.1, 0.15) is 24.2 Å². The summed E-state index contributed by atoms with van der Waals surface area (Å²) < 4.78 is 26.5. The van der Waals surface area contributed by atoms with Gasteiger partial charge in [0.05, 0.1) is 37.0 Å². The van der Waals surface area contributed by atoms with Crippen molar-refractivity contribution in [3.8, 4) is 0 Å². The highest BCUT2D eigenvalue weighted by Gasteiger charge is 2.14. The van der Waals surface area contributed by atoms with Gasteiger partial charge in [-0.15, -0.1) is 0 Å². The molecule has 7 heteroatoms. The van der Waals surface area contributed by atoms with Crippen molar-refractivity contribution in [1.82, 2.24) is 4.72 Å². The van der Waals surface area contributed by atoms with Crippen LogP contribution in [-0.4, -0.2) is 40.6 Å². The average Bonchev–Trinajstić information content (AvgIpc) is 2.43. The van der Waals surface area contributed by atoms with E-state index in [0.29, 0.717) is 13.1 Å². The SMILES string of the molecule is CC[NH+](CC)CCNS(=O)(=O)c1ccc(C(=O)[O-])cc1. The number of aromatic carboxylic acids is 1. The zero-order chi connectivity index (χ0) is 15.2. The van der Waals surface area contributed by atoms with Crippen molar-refractivity contribution in [3.05, 3.63) is 29.8 Å². The number of hydrogen-bond donors (Lipinski definition) is 2. The van der Waals surface area contributed by atoms with Crippen molar-refractivity contribution in [3.63, 3.8) is 0 Å². The standard InChI is InChI=1S/C13H20N2O4S/c1-3-15(4-2)10-9-14-20(18,19)12-7-5-11(6-8-12)13(16)17/h5-8,14H,3-4,9-10H2,1-2H3,(H,16,17). The summed E-state index contributed by atoms with van der Waals surface area (Å²) in [5, 5.41) is 10.6. The lowest BCUT2D eigenvalue weighted by molar-refractivity contribution is -0.895. The number of carbonyl (C=O) groups excluding carboxylic acids is 1. The lowest BCUT2D eigenvalue weighted by Gasteiger charge is -2.15. The van der Waals surface area contributed by atoms with Gasteiger partial charge in [-0.1, -0.05) is 12.1 Å². The number of likely N-dealkylation sites (N-methyl/N-ethyl adjacent to an activating group) is 1. The molecule has 0 aromatic heterocycles. The molecule has 1 aromatic carbocycles. The number of quaternary nitrogens is 1. The van der Waals surface area contributed by atoms with Gasteiger partial charge in [-0.25, -0.2) is 13.1 Å². The second-order valence-electron chi connectivity index (χ2n) is 4.42. The van der Waals surface area contributed by atoms with E-state index >= 15 is 0 Å². The van der Waals surface area contributed by atoms with Crippen LogP contribution in [0.5, 0.6) is 0 Å². The zero-order valence-electron chi connectivity index (χ0n) is 11.7. The number of carboxylic acid groups (broad SMARTS) is 1. The Morgan fingerprint density at radius 2 is 1.75 bits per heavy atom. The molecule has 112 valence electrons. The molecular formula is C13H20N2O4S. The van der Waals surface area contributed by atoms with Crippen molar-refractivity contribution in [2.24, 2.45) is 0 Å². The fourth-order valence-corrected chi connectivity index (χ4v) is 2.85. The highest BCUT2D eigenvalue weighted by molar-refractivity contribution is 7.89. The molecule has 0 amide bonds. The molecule has 0 saturated carbocycles. The molecule has 1 rings (SSSR count). The molecule has 1 aromatic rings. The van der Waals surface area contributed by atoms with E-state index in [0.717, 1.165) is 13.1 Å². The van der Waals surface area contributed by atoms with Crippen molar-refractivity contribution in [2.75, 3.05) is 26.2 Å². The van der Waals surface area contributed by atoms with E-state index in [4.69, 9.17) is 0 Å². The van der Waals surface area contributed by atoms with Crippen molar-refractivity contribution in [1.29, 1.82) is 0 Å². The molecule has 2 N–H and O–H groups in total. The molecular weight excluding hydrogens is 280 g/mol. The van der Waals surface area contributed by atoms with Gasteiger partial charge in [0.2, 0.25) is 10.0 Å². The third-order valence-electron chi connectivity index (χ3n) is 3.17. The van der Waals surface area contributed by atoms with Gasteiger partial charge in [0, 0.05) is 0 Å².